The minimum Gasteiger partial charge on any atom is -0.463 e. The maximum Gasteiger partial charge on any atom is 0.351 e. The molecule has 1 saturated heterocycles. The summed E-state index contributed by atoms with van der Waals surface area (Å²) in [7, 11) is 0. The second kappa shape index (κ2) is 6.71. The highest BCUT2D eigenvalue weighted by molar-refractivity contribution is 5.65. The Bertz CT molecular complexity index is 627. The lowest BCUT2D eigenvalue weighted by atomic mass is 10.2. The molecule has 2 heterocycles. The Hall–Kier alpha value is -2.19. The Kier molecular flexibility index (Phi) is 4.94. The number of nitrogens with two attached hydrogens (primary N) is 1. The standard InChI is InChI=1S/C14H19N3O5/c1-3-4-9-6-17(14(20)16-13(9)15)12-5-10(19)11(22-12)7-21-8(2)18/h3,6,10-12,19H,1,4-5,7H2,2H3,(H2,15,16,20)/t10-,11+,12+/m0/s1. The SMILES string of the molecule is C=CCc1cn([C@H]2C[C@H](O)[C@@H](COC(C)=O)O2)c(=O)nc1N. The topological polar surface area (TPSA) is 117 Å². The van der Waals surface area contributed by atoms with Gasteiger partial charge in [-0.3, -0.25) is 9.36 Å². The number of aliphatic hydroxyl groups excluding tert-OH is 1. The maximum atomic E-state index is 12.0. The van der Waals surface area contributed by atoms with Gasteiger partial charge in [0.2, 0.25) is 0 Å². The van der Waals surface area contributed by atoms with Crippen LogP contribution in [0.5, 0.6) is 0 Å². The molecule has 1 aliphatic rings. The molecule has 2 rings (SSSR count). The van der Waals surface area contributed by atoms with Gasteiger partial charge in [-0.15, -0.1) is 6.58 Å². The summed E-state index contributed by atoms with van der Waals surface area (Å²) in [6.07, 6.45) is 1.67. The van der Waals surface area contributed by atoms with Crippen molar-refractivity contribution in [2.45, 2.75) is 38.2 Å². The zero-order chi connectivity index (χ0) is 16.3. The van der Waals surface area contributed by atoms with Crippen molar-refractivity contribution in [2.75, 3.05) is 12.3 Å². The van der Waals surface area contributed by atoms with E-state index < -0.39 is 30.1 Å². The highest BCUT2D eigenvalue weighted by Gasteiger charge is 2.36. The molecule has 3 atom stereocenters. The Morgan fingerprint density at radius 2 is 2.45 bits per heavy atom. The molecule has 0 saturated carbocycles. The lowest BCUT2D eigenvalue weighted by Crippen LogP contribution is -2.29. The fraction of sp³-hybridized carbons (Fsp3) is 0.500. The van der Waals surface area contributed by atoms with Crippen LogP contribution in [-0.2, 0) is 20.7 Å². The van der Waals surface area contributed by atoms with E-state index in [-0.39, 0.29) is 18.8 Å². The molecule has 1 fully saturated rings. The number of nitrogen functional groups attached to an aromatic ring is 1. The van der Waals surface area contributed by atoms with Gasteiger partial charge in [0.05, 0.1) is 6.10 Å². The first-order valence-corrected chi connectivity index (χ1v) is 6.87. The van der Waals surface area contributed by atoms with E-state index in [4.69, 9.17) is 15.2 Å². The van der Waals surface area contributed by atoms with E-state index in [1.54, 1.807) is 12.3 Å². The zero-order valence-electron chi connectivity index (χ0n) is 12.3. The Balaban J connectivity index is 2.18. The Morgan fingerprint density at radius 1 is 1.73 bits per heavy atom. The molecule has 0 aliphatic carbocycles. The van der Waals surface area contributed by atoms with Gasteiger partial charge >= 0.3 is 11.7 Å². The number of carbonyl (C=O) groups excluding carboxylic acids is 1. The van der Waals surface area contributed by atoms with Crippen LogP contribution in [0.1, 0.15) is 25.1 Å². The quantitative estimate of drug-likeness (QED) is 0.569. The molecule has 3 N–H and O–H groups in total. The lowest BCUT2D eigenvalue weighted by molar-refractivity contribution is -0.147. The number of allylic oxidation sites excluding steroid dienone is 1. The number of aliphatic hydroxyl groups is 1. The number of hydrogen-bond acceptors (Lipinski definition) is 7. The number of esters is 1. The molecule has 0 aromatic carbocycles. The first-order valence-electron chi connectivity index (χ1n) is 6.87. The van der Waals surface area contributed by atoms with E-state index >= 15 is 0 Å². The van der Waals surface area contributed by atoms with Gasteiger partial charge in [0.15, 0.2) is 0 Å². The van der Waals surface area contributed by atoms with Crippen molar-refractivity contribution in [3.8, 4) is 0 Å². The summed E-state index contributed by atoms with van der Waals surface area (Å²) >= 11 is 0. The predicted molar refractivity (Wildman–Crippen MR) is 78.0 cm³/mol. The largest absolute Gasteiger partial charge is 0.463 e. The first kappa shape index (κ1) is 16.2. The zero-order valence-corrected chi connectivity index (χ0v) is 12.3. The molecule has 0 spiro atoms. The van der Waals surface area contributed by atoms with Gasteiger partial charge in [0.1, 0.15) is 24.8 Å². The van der Waals surface area contributed by atoms with Crippen molar-refractivity contribution in [1.82, 2.24) is 9.55 Å². The van der Waals surface area contributed by atoms with Crippen LogP contribution in [0.4, 0.5) is 5.82 Å². The molecule has 0 radical (unpaired) electrons. The van der Waals surface area contributed by atoms with Crippen LogP contribution in [0.25, 0.3) is 0 Å². The number of carbonyl (C=O) groups is 1. The molecule has 8 nitrogen and oxygen atoms in total. The minimum absolute atomic E-state index is 0.0658. The van der Waals surface area contributed by atoms with Crippen molar-refractivity contribution < 1.29 is 19.4 Å². The summed E-state index contributed by atoms with van der Waals surface area (Å²) in [5, 5.41) is 9.96. The Morgan fingerprint density at radius 3 is 3.09 bits per heavy atom. The number of ether oxygens (including phenoxy) is 2. The van der Waals surface area contributed by atoms with E-state index in [1.165, 1.54) is 11.5 Å². The van der Waals surface area contributed by atoms with Gasteiger partial charge in [-0.25, -0.2) is 4.79 Å². The lowest BCUT2D eigenvalue weighted by Gasteiger charge is -2.16. The van der Waals surface area contributed by atoms with Crippen molar-refractivity contribution in [2.24, 2.45) is 0 Å². The van der Waals surface area contributed by atoms with Crippen LogP contribution in [0, 0.1) is 0 Å². The summed E-state index contributed by atoms with van der Waals surface area (Å²) in [4.78, 5) is 26.5. The molecular weight excluding hydrogens is 290 g/mol. The van der Waals surface area contributed by atoms with Gasteiger partial charge in [0.25, 0.3) is 0 Å². The number of rotatable bonds is 5. The second-order valence-corrected chi connectivity index (χ2v) is 5.07. The van der Waals surface area contributed by atoms with Crippen molar-refractivity contribution in [3.63, 3.8) is 0 Å². The van der Waals surface area contributed by atoms with E-state index in [1.807, 2.05) is 0 Å². The van der Waals surface area contributed by atoms with Gasteiger partial charge in [-0.05, 0) is 6.42 Å². The minimum atomic E-state index is -0.836. The van der Waals surface area contributed by atoms with Crippen LogP contribution in [0.2, 0.25) is 0 Å². The van der Waals surface area contributed by atoms with Gasteiger partial charge in [-0.2, -0.15) is 4.98 Å². The van der Waals surface area contributed by atoms with Gasteiger partial charge in [0, 0.05) is 25.1 Å². The van der Waals surface area contributed by atoms with Crippen molar-refractivity contribution in [1.29, 1.82) is 0 Å². The van der Waals surface area contributed by atoms with E-state index in [0.29, 0.717) is 12.0 Å². The number of anilines is 1. The summed E-state index contributed by atoms with van der Waals surface area (Å²) in [5.74, 6) is -0.310. The molecule has 0 bridgehead atoms. The molecule has 1 aromatic heterocycles. The average molecular weight is 309 g/mol. The molecular formula is C14H19N3O5. The van der Waals surface area contributed by atoms with Crippen LogP contribution in [-0.4, -0.2) is 39.4 Å². The van der Waals surface area contributed by atoms with E-state index in [0.717, 1.165) is 0 Å². The van der Waals surface area contributed by atoms with E-state index in [2.05, 4.69) is 11.6 Å². The maximum absolute atomic E-state index is 12.0. The number of hydrogen-bond donors (Lipinski definition) is 2. The molecule has 0 unspecified atom stereocenters. The molecule has 1 aliphatic heterocycles. The van der Waals surface area contributed by atoms with Crippen molar-refractivity contribution in [3.05, 3.63) is 34.9 Å². The van der Waals surface area contributed by atoms with Crippen LogP contribution in [0.15, 0.2) is 23.6 Å². The van der Waals surface area contributed by atoms with Crippen LogP contribution < -0.4 is 11.4 Å². The molecule has 1 aromatic rings. The van der Waals surface area contributed by atoms with E-state index in [9.17, 15) is 14.7 Å². The monoisotopic (exact) mass is 309 g/mol. The summed E-state index contributed by atoms with van der Waals surface area (Å²) in [6, 6.07) is 0. The number of aromatic nitrogens is 2. The normalized spacial score (nSPS) is 24.2. The first-order chi connectivity index (χ1) is 10.4. The number of nitrogens with zero attached hydrogens (tertiary/aromatic N) is 2. The predicted octanol–water partition coefficient (Wildman–Crippen LogP) is -0.234. The third-order valence-electron chi connectivity index (χ3n) is 3.39. The highest BCUT2D eigenvalue weighted by Crippen LogP contribution is 2.28. The van der Waals surface area contributed by atoms with Gasteiger partial charge in [-0.1, -0.05) is 6.08 Å². The summed E-state index contributed by atoms with van der Waals surface area (Å²) < 4.78 is 11.7. The Labute approximate surface area is 127 Å². The van der Waals surface area contributed by atoms with Crippen LogP contribution >= 0.6 is 0 Å². The second-order valence-electron chi connectivity index (χ2n) is 5.07. The molecule has 0 amide bonds. The average Bonchev–Trinajstić information content (AvgIpc) is 2.80. The molecule has 22 heavy (non-hydrogen) atoms. The molecule has 8 heteroatoms. The fourth-order valence-electron chi connectivity index (χ4n) is 2.28. The highest BCUT2D eigenvalue weighted by atomic mass is 16.6. The van der Waals surface area contributed by atoms with Gasteiger partial charge < -0.3 is 20.3 Å². The van der Waals surface area contributed by atoms with Crippen LogP contribution in [0.3, 0.4) is 0 Å². The molecule has 120 valence electrons. The van der Waals surface area contributed by atoms with Crippen molar-refractivity contribution >= 4 is 11.8 Å². The smallest absolute Gasteiger partial charge is 0.351 e. The summed E-state index contributed by atoms with van der Waals surface area (Å²) in [6.45, 7) is 4.83. The third-order valence-corrected chi connectivity index (χ3v) is 3.39. The summed E-state index contributed by atoms with van der Waals surface area (Å²) in [5.41, 5.74) is 5.78. The fourth-order valence-corrected chi connectivity index (χ4v) is 2.28. The third kappa shape index (κ3) is 3.52.